The normalized spacial score (nSPS) is 14.0. The van der Waals surface area contributed by atoms with E-state index in [1.165, 1.54) is 212 Å². The van der Waals surface area contributed by atoms with Crippen LogP contribution in [0.2, 0.25) is 0 Å². The minimum Gasteiger partial charge on any atom is -0.456 e. The molecule has 0 aromatic heterocycles. The van der Waals surface area contributed by atoms with Crippen molar-refractivity contribution in [3.8, 4) is 0 Å². The van der Waals surface area contributed by atoms with Crippen molar-refractivity contribution in [2.75, 3.05) is 40.9 Å². The second-order valence-electron chi connectivity index (χ2n) is 23.6. The smallest absolute Gasteiger partial charge is 0.456 e. The Morgan fingerprint density at radius 1 is 0.449 bits per heavy atom. The Hall–Kier alpha value is -2.29. The molecule has 0 aliphatic rings. The predicted octanol–water partition coefficient (Wildman–Crippen LogP) is 20.6. The van der Waals surface area contributed by atoms with Crippen molar-refractivity contribution in [2.45, 2.75) is 322 Å². The van der Waals surface area contributed by atoms with Gasteiger partial charge in [0.15, 0.2) is 0 Å². The molecule has 2 N–H and O–H groups in total. The standard InChI is InChI=1S/C68H127N2O7P/c1-7-10-13-16-19-22-25-28-29-30-31-32-33-34-35-36-37-38-39-40-41-43-45-48-51-54-57-60-67(71)69-65(64-76-78(73,74)75-63-62-70(4,5)6)66(59-56-53-50-47-44-27-24-21-18-15-12-9-3)77-68(72)61-58-55-52-49-46-42-26-23-20-17-14-11-8-2/h19,22,28-29,42,46,52,55-56,59,65-66H,7-18,20-21,23-27,30-41,43-45,47-51,53-54,57-58,60-64H2,1-6H3,(H-,69,71,73,74)/p+1/b22-19-,29-28-,46-42-,55-52+,59-56-. The zero-order valence-electron chi connectivity index (χ0n) is 52.2. The van der Waals surface area contributed by atoms with E-state index in [0.717, 1.165) is 57.8 Å². The van der Waals surface area contributed by atoms with E-state index in [0.29, 0.717) is 23.9 Å². The molecule has 1 amide bonds. The first-order valence-electron chi connectivity index (χ1n) is 33.1. The molecule has 10 heteroatoms. The summed E-state index contributed by atoms with van der Waals surface area (Å²) in [5.41, 5.74) is 0. The molecule has 78 heavy (non-hydrogen) atoms. The van der Waals surface area contributed by atoms with Crippen molar-refractivity contribution in [3.05, 3.63) is 60.8 Å². The molecule has 3 atom stereocenters. The summed E-state index contributed by atoms with van der Waals surface area (Å²) in [6.45, 7) is 6.97. The van der Waals surface area contributed by atoms with Crippen LogP contribution in [-0.4, -0.2) is 74.3 Å². The summed E-state index contributed by atoms with van der Waals surface area (Å²) in [7, 11) is 1.48. The molecule has 0 rings (SSSR count). The number of likely N-dealkylation sites (N-methyl/N-ethyl adjacent to an activating group) is 1. The van der Waals surface area contributed by atoms with Crippen molar-refractivity contribution < 1.29 is 37.3 Å². The lowest BCUT2D eigenvalue weighted by Crippen LogP contribution is -2.47. The minimum atomic E-state index is -4.46. The molecule has 0 heterocycles. The predicted molar refractivity (Wildman–Crippen MR) is 337 cm³/mol. The van der Waals surface area contributed by atoms with Gasteiger partial charge < -0.3 is 19.4 Å². The third-order valence-corrected chi connectivity index (χ3v) is 15.7. The van der Waals surface area contributed by atoms with Gasteiger partial charge in [0.25, 0.3) is 0 Å². The van der Waals surface area contributed by atoms with Gasteiger partial charge >= 0.3 is 13.8 Å². The zero-order chi connectivity index (χ0) is 57.2. The number of rotatable bonds is 60. The third kappa shape index (κ3) is 58.4. The molecule has 0 bridgehead atoms. The number of hydrogen-bond acceptors (Lipinski definition) is 6. The summed E-state index contributed by atoms with van der Waals surface area (Å²) in [6, 6.07) is -0.870. The summed E-state index contributed by atoms with van der Waals surface area (Å²) in [5.74, 6) is -0.574. The van der Waals surface area contributed by atoms with E-state index >= 15 is 0 Å². The lowest BCUT2D eigenvalue weighted by atomic mass is 10.0. The van der Waals surface area contributed by atoms with E-state index in [2.05, 4.69) is 68.6 Å². The monoisotopic (exact) mass is 1120 g/mol. The van der Waals surface area contributed by atoms with Gasteiger partial charge in [-0.25, -0.2) is 4.57 Å². The molecular formula is C68H128N2O7P+. The maximum Gasteiger partial charge on any atom is 0.472 e. The number of esters is 1. The molecule has 0 fully saturated rings. The Morgan fingerprint density at radius 3 is 1.21 bits per heavy atom. The van der Waals surface area contributed by atoms with Crippen LogP contribution in [-0.2, 0) is 27.9 Å². The van der Waals surface area contributed by atoms with E-state index in [1.54, 1.807) is 0 Å². The van der Waals surface area contributed by atoms with Gasteiger partial charge in [-0.3, -0.25) is 18.6 Å². The molecule has 3 unspecified atom stereocenters. The number of nitrogens with zero attached hydrogens (tertiary/aromatic N) is 1. The van der Waals surface area contributed by atoms with E-state index in [9.17, 15) is 19.0 Å². The van der Waals surface area contributed by atoms with E-state index in [1.807, 2.05) is 39.4 Å². The van der Waals surface area contributed by atoms with Gasteiger partial charge in [-0.15, -0.1) is 0 Å². The first-order chi connectivity index (χ1) is 37.9. The topological polar surface area (TPSA) is 111 Å². The molecule has 0 aromatic rings. The van der Waals surface area contributed by atoms with Crippen LogP contribution in [0.25, 0.3) is 0 Å². The number of hydrogen-bond donors (Lipinski definition) is 2. The van der Waals surface area contributed by atoms with Crippen LogP contribution in [0.3, 0.4) is 0 Å². The van der Waals surface area contributed by atoms with Crippen LogP contribution in [0.1, 0.15) is 310 Å². The van der Waals surface area contributed by atoms with Crippen LogP contribution in [0.15, 0.2) is 60.8 Å². The number of amides is 1. The number of nitrogens with one attached hydrogen (secondary N) is 1. The highest BCUT2D eigenvalue weighted by molar-refractivity contribution is 7.47. The highest BCUT2D eigenvalue weighted by Gasteiger charge is 2.30. The molecule has 0 radical (unpaired) electrons. The second-order valence-corrected chi connectivity index (χ2v) is 25.1. The van der Waals surface area contributed by atoms with Gasteiger partial charge in [-0.05, 0) is 83.1 Å². The molecule has 0 aliphatic heterocycles. The van der Waals surface area contributed by atoms with E-state index < -0.39 is 20.0 Å². The lowest BCUT2D eigenvalue weighted by molar-refractivity contribution is -0.870. The molecular weight excluding hydrogens is 988 g/mol. The van der Waals surface area contributed by atoms with Gasteiger partial charge in [0, 0.05) is 12.8 Å². The van der Waals surface area contributed by atoms with Crippen LogP contribution in [0, 0.1) is 0 Å². The molecule has 0 aromatic carbocycles. The number of unbranched alkanes of at least 4 members (excludes halogenated alkanes) is 36. The van der Waals surface area contributed by atoms with Gasteiger partial charge in [0.2, 0.25) is 5.91 Å². The largest absolute Gasteiger partial charge is 0.472 e. The number of carbonyl (C=O) groups is 2. The molecule has 0 spiro atoms. The Morgan fingerprint density at radius 2 is 0.795 bits per heavy atom. The summed E-state index contributed by atoms with van der Waals surface area (Å²) in [5, 5.41) is 3.05. The summed E-state index contributed by atoms with van der Waals surface area (Å²) < 4.78 is 30.6. The molecule has 0 aliphatic carbocycles. The number of allylic oxidation sites excluding steroid dienone is 9. The van der Waals surface area contributed by atoms with Gasteiger partial charge in [0.1, 0.15) is 19.3 Å². The molecule has 9 nitrogen and oxygen atoms in total. The summed E-state index contributed by atoms with van der Waals surface area (Å²) >= 11 is 0. The Bertz CT molecular complexity index is 1520. The van der Waals surface area contributed by atoms with E-state index in [-0.39, 0.29) is 31.5 Å². The van der Waals surface area contributed by atoms with Crippen molar-refractivity contribution in [1.29, 1.82) is 0 Å². The van der Waals surface area contributed by atoms with Crippen LogP contribution >= 0.6 is 7.82 Å². The Kier molecular flexibility index (Phi) is 56.2. The first kappa shape index (κ1) is 75.7. The van der Waals surface area contributed by atoms with Gasteiger partial charge in [-0.1, -0.05) is 275 Å². The van der Waals surface area contributed by atoms with Crippen molar-refractivity contribution in [2.24, 2.45) is 0 Å². The number of ether oxygens (including phenoxy) is 1. The fourth-order valence-corrected chi connectivity index (χ4v) is 10.3. The second kappa shape index (κ2) is 57.9. The molecule has 456 valence electrons. The number of quaternary nitrogens is 1. The number of carbonyl (C=O) groups excluding carboxylic acids is 2. The van der Waals surface area contributed by atoms with Crippen LogP contribution in [0.5, 0.6) is 0 Å². The number of phosphoric acid groups is 1. The maximum atomic E-state index is 13.6. The van der Waals surface area contributed by atoms with Crippen molar-refractivity contribution >= 4 is 19.7 Å². The van der Waals surface area contributed by atoms with Gasteiger partial charge in [-0.2, -0.15) is 0 Å². The Balaban J connectivity index is 5.03. The average molecular weight is 1120 g/mol. The number of phosphoric ester groups is 1. The van der Waals surface area contributed by atoms with Crippen molar-refractivity contribution in [3.63, 3.8) is 0 Å². The Labute approximate surface area is 483 Å². The maximum absolute atomic E-state index is 13.6. The summed E-state index contributed by atoms with van der Waals surface area (Å²) in [6.07, 6.45) is 73.9. The fourth-order valence-electron chi connectivity index (χ4n) is 9.55. The fraction of sp³-hybridized carbons (Fsp3) is 0.824. The average Bonchev–Trinajstić information content (AvgIpc) is 3.40. The highest BCUT2D eigenvalue weighted by Crippen LogP contribution is 2.43. The van der Waals surface area contributed by atoms with E-state index in [4.69, 9.17) is 13.8 Å². The molecule has 0 saturated carbocycles. The minimum absolute atomic E-state index is 0.0330. The van der Waals surface area contributed by atoms with Gasteiger partial charge in [0.05, 0.1) is 33.8 Å². The molecule has 0 saturated heterocycles. The summed E-state index contributed by atoms with van der Waals surface area (Å²) in [4.78, 5) is 37.7. The highest BCUT2D eigenvalue weighted by atomic mass is 31.2. The zero-order valence-corrected chi connectivity index (χ0v) is 53.1. The third-order valence-electron chi connectivity index (χ3n) is 14.7. The quantitative estimate of drug-likeness (QED) is 0.0205. The van der Waals surface area contributed by atoms with Crippen molar-refractivity contribution in [1.82, 2.24) is 5.32 Å². The lowest BCUT2D eigenvalue weighted by Gasteiger charge is -2.27. The SMILES string of the molecule is CCCCC/C=C\C/C=C\CCCCCCCCCCCCCCCCCCCC(=O)NC(COP(=O)(O)OCC[N+](C)(C)C)C(/C=C\CCCCCCCCCCCC)OC(=O)CC/C=C/C/C=C\CCCCCCCC. The first-order valence-corrected chi connectivity index (χ1v) is 34.6. The van der Waals surface area contributed by atoms with Crippen LogP contribution < -0.4 is 5.32 Å². The van der Waals surface area contributed by atoms with Crippen LogP contribution in [0.4, 0.5) is 0 Å².